The average Bonchev–Trinajstić information content (AvgIpc) is 2.95. The van der Waals surface area contributed by atoms with Crippen molar-refractivity contribution >= 4 is 6.01 Å². The van der Waals surface area contributed by atoms with Gasteiger partial charge >= 0.3 is 6.01 Å². The Kier molecular flexibility index (Phi) is 5.12. The average molecular weight is 275 g/mol. The third-order valence-corrected chi connectivity index (χ3v) is 3.24. The zero-order valence-corrected chi connectivity index (χ0v) is 12.0. The normalized spacial score (nSPS) is 12.3. The van der Waals surface area contributed by atoms with Crippen LogP contribution in [0, 0.1) is 0 Å². The highest BCUT2D eigenvalue weighted by Gasteiger charge is 2.14. The number of hydrogen-bond acceptors (Lipinski definition) is 5. The van der Waals surface area contributed by atoms with Gasteiger partial charge in [-0.1, -0.05) is 43.3 Å². The number of nitrogens with zero attached hydrogens (tertiary/aromatic N) is 2. The maximum absolute atomic E-state index is 8.73. The molecule has 0 fully saturated rings. The van der Waals surface area contributed by atoms with E-state index in [9.17, 15) is 0 Å². The van der Waals surface area contributed by atoms with Crippen molar-refractivity contribution in [2.75, 3.05) is 18.5 Å². The largest absolute Gasteiger partial charge is 0.395 e. The lowest BCUT2D eigenvalue weighted by Gasteiger charge is -2.07. The van der Waals surface area contributed by atoms with Gasteiger partial charge in [-0.05, 0) is 24.0 Å². The van der Waals surface area contributed by atoms with Gasteiger partial charge in [0.15, 0.2) is 5.82 Å². The van der Waals surface area contributed by atoms with Crippen LogP contribution in [0.5, 0.6) is 0 Å². The van der Waals surface area contributed by atoms with Crippen LogP contribution in [0.15, 0.2) is 28.8 Å². The Hall–Kier alpha value is -1.88. The van der Waals surface area contributed by atoms with Crippen molar-refractivity contribution in [2.45, 2.75) is 32.6 Å². The summed E-state index contributed by atoms with van der Waals surface area (Å²) in [6.07, 6.45) is 1.93. The number of aryl methyl sites for hydroxylation is 1. The Morgan fingerprint density at radius 3 is 2.60 bits per heavy atom. The van der Waals surface area contributed by atoms with Crippen LogP contribution >= 0.6 is 0 Å². The third kappa shape index (κ3) is 3.81. The molecule has 0 saturated heterocycles. The number of anilines is 1. The first-order chi connectivity index (χ1) is 9.72. The van der Waals surface area contributed by atoms with Gasteiger partial charge in [-0.3, -0.25) is 0 Å². The maximum Gasteiger partial charge on any atom is 0.321 e. The van der Waals surface area contributed by atoms with Crippen molar-refractivity contribution < 1.29 is 9.63 Å². The second-order valence-electron chi connectivity index (χ2n) is 4.88. The molecular weight excluding hydrogens is 254 g/mol. The van der Waals surface area contributed by atoms with Gasteiger partial charge in [0, 0.05) is 12.5 Å². The van der Waals surface area contributed by atoms with E-state index in [1.807, 2.05) is 0 Å². The van der Waals surface area contributed by atoms with Crippen LogP contribution in [0.2, 0.25) is 0 Å². The third-order valence-electron chi connectivity index (χ3n) is 3.24. The fourth-order valence-corrected chi connectivity index (χ4v) is 2.03. The second-order valence-corrected chi connectivity index (χ2v) is 4.88. The predicted octanol–water partition coefficient (Wildman–Crippen LogP) is 2.38. The smallest absolute Gasteiger partial charge is 0.321 e. The molecule has 2 aromatic rings. The van der Waals surface area contributed by atoms with Gasteiger partial charge < -0.3 is 14.9 Å². The number of aromatic nitrogens is 2. The van der Waals surface area contributed by atoms with Crippen molar-refractivity contribution in [3.8, 4) is 0 Å². The van der Waals surface area contributed by atoms with Crippen molar-refractivity contribution in [1.82, 2.24) is 10.1 Å². The van der Waals surface area contributed by atoms with E-state index in [0.717, 1.165) is 12.8 Å². The summed E-state index contributed by atoms with van der Waals surface area (Å²) in [5.74, 6) is 0.876. The van der Waals surface area contributed by atoms with Crippen LogP contribution < -0.4 is 5.32 Å². The molecule has 20 heavy (non-hydrogen) atoms. The minimum Gasteiger partial charge on any atom is -0.395 e. The predicted molar refractivity (Wildman–Crippen MR) is 77.8 cm³/mol. The molecule has 1 aromatic heterocycles. The fraction of sp³-hybridized carbons (Fsp3) is 0.467. The van der Waals surface area contributed by atoms with Gasteiger partial charge in [-0.15, -0.1) is 0 Å². The van der Waals surface area contributed by atoms with Crippen molar-refractivity contribution in [1.29, 1.82) is 0 Å². The van der Waals surface area contributed by atoms with E-state index in [0.29, 0.717) is 18.4 Å². The van der Waals surface area contributed by atoms with Gasteiger partial charge in [0.2, 0.25) is 0 Å². The summed E-state index contributed by atoms with van der Waals surface area (Å²) in [5, 5.41) is 15.6. The lowest BCUT2D eigenvalue weighted by molar-refractivity contribution is 0.308. The summed E-state index contributed by atoms with van der Waals surface area (Å²) in [4.78, 5) is 4.28. The molecule has 0 unspecified atom stereocenters. The summed E-state index contributed by atoms with van der Waals surface area (Å²) in [7, 11) is 0. The molecule has 0 aliphatic carbocycles. The highest BCUT2D eigenvalue weighted by molar-refractivity contribution is 5.24. The Morgan fingerprint density at radius 2 is 1.95 bits per heavy atom. The number of nitrogens with one attached hydrogen (secondary N) is 1. The van der Waals surface area contributed by atoms with Crippen LogP contribution in [-0.4, -0.2) is 28.4 Å². The molecule has 0 amide bonds. The molecule has 2 rings (SSSR count). The molecule has 0 bridgehead atoms. The second kappa shape index (κ2) is 7.05. The molecule has 0 aliphatic rings. The minimum atomic E-state index is 0.0387. The van der Waals surface area contributed by atoms with Crippen LogP contribution in [0.3, 0.4) is 0 Å². The van der Waals surface area contributed by atoms with E-state index in [1.54, 1.807) is 0 Å². The molecule has 0 radical (unpaired) electrons. The zero-order chi connectivity index (χ0) is 14.4. The molecular formula is C15H21N3O2. The quantitative estimate of drug-likeness (QED) is 0.811. The summed E-state index contributed by atoms with van der Waals surface area (Å²) >= 11 is 0. The first-order valence-electron chi connectivity index (χ1n) is 6.99. The lowest BCUT2D eigenvalue weighted by atomic mass is 9.99. The monoisotopic (exact) mass is 275 g/mol. The summed E-state index contributed by atoms with van der Waals surface area (Å²) < 4.78 is 5.08. The van der Waals surface area contributed by atoms with Gasteiger partial charge in [-0.2, -0.15) is 4.98 Å². The summed E-state index contributed by atoms with van der Waals surface area (Å²) in [6, 6.07) is 8.99. The van der Waals surface area contributed by atoms with E-state index in [-0.39, 0.29) is 12.5 Å². The Balaban J connectivity index is 1.96. The van der Waals surface area contributed by atoms with Gasteiger partial charge in [-0.25, -0.2) is 0 Å². The number of benzene rings is 1. The van der Waals surface area contributed by atoms with E-state index in [4.69, 9.17) is 9.63 Å². The molecule has 0 spiro atoms. The van der Waals surface area contributed by atoms with E-state index >= 15 is 0 Å². The Morgan fingerprint density at radius 1 is 1.25 bits per heavy atom. The van der Waals surface area contributed by atoms with Crippen LogP contribution in [0.1, 0.15) is 36.7 Å². The highest BCUT2D eigenvalue weighted by atomic mass is 16.5. The van der Waals surface area contributed by atoms with Crippen LogP contribution in [-0.2, 0) is 12.8 Å². The van der Waals surface area contributed by atoms with Gasteiger partial charge in [0.05, 0.1) is 6.61 Å². The Labute approximate surface area is 119 Å². The maximum atomic E-state index is 8.73. The molecule has 1 aromatic carbocycles. The molecule has 1 heterocycles. The van der Waals surface area contributed by atoms with E-state index < -0.39 is 0 Å². The van der Waals surface area contributed by atoms with Crippen LogP contribution in [0.25, 0.3) is 0 Å². The molecule has 1 atom stereocenters. The number of aliphatic hydroxyl groups is 1. The first kappa shape index (κ1) is 14.5. The molecule has 5 heteroatoms. The van der Waals surface area contributed by atoms with Crippen molar-refractivity contribution in [3.05, 3.63) is 41.2 Å². The number of rotatable bonds is 7. The minimum absolute atomic E-state index is 0.0387. The van der Waals surface area contributed by atoms with Gasteiger partial charge in [0.1, 0.15) is 0 Å². The zero-order valence-electron chi connectivity index (χ0n) is 12.0. The molecule has 5 nitrogen and oxygen atoms in total. The standard InChI is InChI=1S/C15H21N3O2/c1-3-12-4-6-13(7-5-12)10-11(2)14-17-15(20-18-14)16-8-9-19/h4-7,11,19H,3,8-10H2,1-2H3,(H,16,17,18)/t11-/m0/s1. The SMILES string of the molecule is CCc1ccc(C[C@H](C)c2noc(NCCO)n2)cc1. The summed E-state index contributed by atoms with van der Waals surface area (Å²) in [6.45, 7) is 4.68. The van der Waals surface area contributed by atoms with Crippen molar-refractivity contribution in [3.63, 3.8) is 0 Å². The number of hydrogen-bond donors (Lipinski definition) is 2. The van der Waals surface area contributed by atoms with Gasteiger partial charge in [0.25, 0.3) is 0 Å². The molecule has 0 saturated carbocycles. The highest BCUT2D eigenvalue weighted by Crippen LogP contribution is 2.19. The fourth-order valence-electron chi connectivity index (χ4n) is 2.03. The first-order valence-corrected chi connectivity index (χ1v) is 6.99. The lowest BCUT2D eigenvalue weighted by Crippen LogP contribution is -2.06. The molecule has 0 aliphatic heterocycles. The topological polar surface area (TPSA) is 71.2 Å². The Bertz CT molecular complexity index is 522. The number of aliphatic hydroxyl groups excluding tert-OH is 1. The van der Waals surface area contributed by atoms with Crippen molar-refractivity contribution in [2.24, 2.45) is 0 Å². The van der Waals surface area contributed by atoms with E-state index in [1.165, 1.54) is 11.1 Å². The molecule has 2 N–H and O–H groups in total. The molecule has 108 valence electrons. The van der Waals surface area contributed by atoms with Crippen LogP contribution in [0.4, 0.5) is 6.01 Å². The van der Waals surface area contributed by atoms with E-state index in [2.05, 4.69) is 53.6 Å². The summed E-state index contributed by atoms with van der Waals surface area (Å²) in [5.41, 5.74) is 2.61.